The van der Waals surface area contributed by atoms with Crippen LogP contribution in [0.25, 0.3) is 0 Å². The van der Waals surface area contributed by atoms with E-state index in [9.17, 15) is 26.7 Å². The van der Waals surface area contributed by atoms with Gasteiger partial charge in [-0.1, -0.05) is 15.9 Å². The molecule has 0 saturated carbocycles. The van der Waals surface area contributed by atoms with Crippen molar-refractivity contribution in [3.8, 4) is 5.75 Å². The van der Waals surface area contributed by atoms with Gasteiger partial charge in [-0.15, -0.1) is 0 Å². The lowest BCUT2D eigenvalue weighted by Crippen LogP contribution is -2.11. The number of carbonyl (C=O) groups excluding carboxylic acids is 1. The minimum atomic E-state index is -4.70. The highest BCUT2D eigenvalue weighted by molar-refractivity contribution is 9.09. The van der Waals surface area contributed by atoms with Gasteiger partial charge in [0.25, 0.3) is 0 Å². The van der Waals surface area contributed by atoms with Gasteiger partial charge in [0.05, 0.1) is 11.1 Å². The molecule has 0 atom stereocenters. The van der Waals surface area contributed by atoms with Crippen LogP contribution in [0.15, 0.2) is 18.2 Å². The molecule has 0 spiro atoms. The summed E-state index contributed by atoms with van der Waals surface area (Å²) in [5, 5.41) is 0.265. The van der Waals surface area contributed by atoms with Gasteiger partial charge in [0.2, 0.25) is 0 Å². The molecule has 0 saturated heterocycles. The second-order valence-electron chi connectivity index (χ2n) is 3.45. The van der Waals surface area contributed by atoms with Crippen LogP contribution in [-0.2, 0) is 6.18 Å². The maximum atomic E-state index is 12.5. The topological polar surface area (TPSA) is 26.3 Å². The van der Waals surface area contributed by atoms with E-state index in [0.29, 0.717) is 12.1 Å². The summed E-state index contributed by atoms with van der Waals surface area (Å²) in [6, 6.07) is 1.89. The molecule has 106 valence electrons. The van der Waals surface area contributed by atoms with Crippen molar-refractivity contribution < 1.29 is 31.5 Å². The number of ketones is 1. The van der Waals surface area contributed by atoms with Gasteiger partial charge in [-0.2, -0.15) is 22.0 Å². The summed E-state index contributed by atoms with van der Waals surface area (Å²) in [5.74, 6) is -1.35. The van der Waals surface area contributed by atoms with E-state index in [4.69, 9.17) is 0 Å². The third kappa shape index (κ3) is 4.45. The Morgan fingerprint density at radius 3 is 2.42 bits per heavy atom. The molecule has 0 unspecified atom stereocenters. The Morgan fingerprint density at radius 1 is 1.32 bits per heavy atom. The first-order valence-electron chi connectivity index (χ1n) is 5.01. The Bertz CT molecular complexity index is 459. The number of hydrogen-bond donors (Lipinski definition) is 0. The second kappa shape index (κ2) is 6.31. The summed E-state index contributed by atoms with van der Waals surface area (Å²) in [7, 11) is 0. The van der Waals surface area contributed by atoms with Gasteiger partial charge in [-0.25, -0.2) is 0 Å². The largest absolute Gasteiger partial charge is 0.434 e. The number of hydrogen-bond acceptors (Lipinski definition) is 2. The molecule has 0 fully saturated rings. The standard InChI is InChI=1S/C11H8BrF5O2/c12-4-3-8(18)7-2-1-6(11(15,16)17)5-9(7)19-10(13)14/h1-2,5,10H,3-4H2. The SMILES string of the molecule is O=C(CCBr)c1ccc(C(F)(F)F)cc1OC(F)F. The minimum Gasteiger partial charge on any atom is -0.434 e. The van der Waals surface area contributed by atoms with E-state index in [1.54, 1.807) is 0 Å². The van der Waals surface area contributed by atoms with Crippen LogP contribution in [-0.4, -0.2) is 17.7 Å². The zero-order chi connectivity index (χ0) is 14.6. The van der Waals surface area contributed by atoms with Crippen molar-refractivity contribution in [1.29, 1.82) is 0 Å². The van der Waals surface area contributed by atoms with Crippen molar-refractivity contribution in [2.75, 3.05) is 5.33 Å². The molecular formula is C11H8BrF5O2. The Balaban J connectivity index is 3.20. The number of benzene rings is 1. The molecule has 0 radical (unpaired) electrons. The first kappa shape index (κ1) is 15.9. The Morgan fingerprint density at radius 2 is 1.95 bits per heavy atom. The normalized spacial score (nSPS) is 11.7. The molecule has 1 aromatic rings. The highest BCUT2D eigenvalue weighted by Crippen LogP contribution is 2.34. The van der Waals surface area contributed by atoms with Crippen LogP contribution < -0.4 is 4.74 Å². The highest BCUT2D eigenvalue weighted by atomic mass is 79.9. The second-order valence-corrected chi connectivity index (χ2v) is 4.24. The number of alkyl halides is 6. The van der Waals surface area contributed by atoms with Crippen LogP contribution in [0.2, 0.25) is 0 Å². The lowest BCUT2D eigenvalue weighted by atomic mass is 10.0. The van der Waals surface area contributed by atoms with Gasteiger partial charge in [0.15, 0.2) is 5.78 Å². The van der Waals surface area contributed by atoms with E-state index in [1.165, 1.54) is 0 Å². The number of ether oxygens (including phenoxy) is 1. The number of halogens is 6. The van der Waals surface area contributed by atoms with Crippen LogP contribution in [0.3, 0.4) is 0 Å². The number of rotatable bonds is 5. The van der Waals surface area contributed by atoms with Crippen LogP contribution >= 0.6 is 15.9 Å². The summed E-state index contributed by atoms with van der Waals surface area (Å²) >= 11 is 2.98. The molecular weight excluding hydrogens is 339 g/mol. The lowest BCUT2D eigenvalue weighted by Gasteiger charge is -2.13. The van der Waals surface area contributed by atoms with Gasteiger partial charge in [0.1, 0.15) is 5.75 Å². The molecule has 1 rings (SSSR count). The maximum absolute atomic E-state index is 12.5. The third-order valence-electron chi connectivity index (χ3n) is 2.15. The first-order chi connectivity index (χ1) is 8.75. The third-order valence-corrected chi connectivity index (χ3v) is 2.54. The zero-order valence-electron chi connectivity index (χ0n) is 9.31. The highest BCUT2D eigenvalue weighted by Gasteiger charge is 2.32. The number of carbonyl (C=O) groups is 1. The molecule has 19 heavy (non-hydrogen) atoms. The summed E-state index contributed by atoms with van der Waals surface area (Å²) < 4.78 is 65.6. The molecule has 0 bridgehead atoms. The van der Waals surface area contributed by atoms with Crippen LogP contribution in [0.5, 0.6) is 5.75 Å². The van der Waals surface area contributed by atoms with E-state index in [2.05, 4.69) is 20.7 Å². The molecule has 1 aromatic carbocycles. The van der Waals surface area contributed by atoms with Crippen LogP contribution in [0.1, 0.15) is 22.3 Å². The van der Waals surface area contributed by atoms with E-state index >= 15 is 0 Å². The van der Waals surface area contributed by atoms with Crippen LogP contribution in [0, 0.1) is 0 Å². The molecule has 0 aliphatic carbocycles. The molecule has 8 heteroatoms. The molecule has 0 aliphatic heterocycles. The van der Waals surface area contributed by atoms with Gasteiger partial charge in [-0.3, -0.25) is 4.79 Å². The lowest BCUT2D eigenvalue weighted by molar-refractivity contribution is -0.138. The van der Waals surface area contributed by atoms with E-state index in [1.807, 2.05) is 0 Å². The van der Waals surface area contributed by atoms with Crippen molar-refractivity contribution in [3.05, 3.63) is 29.3 Å². The number of Topliss-reactive ketones (excluding diaryl/α,β-unsaturated/α-hetero) is 1. The zero-order valence-corrected chi connectivity index (χ0v) is 10.9. The van der Waals surface area contributed by atoms with Gasteiger partial charge >= 0.3 is 12.8 Å². The Labute approximate surface area is 113 Å². The minimum absolute atomic E-state index is 0.0367. The van der Waals surface area contributed by atoms with Crippen molar-refractivity contribution in [2.24, 2.45) is 0 Å². The molecule has 2 nitrogen and oxygen atoms in total. The van der Waals surface area contributed by atoms with Gasteiger partial charge in [0, 0.05) is 11.8 Å². The van der Waals surface area contributed by atoms with Crippen molar-refractivity contribution in [3.63, 3.8) is 0 Å². The monoisotopic (exact) mass is 346 g/mol. The quantitative estimate of drug-likeness (QED) is 0.452. The summed E-state index contributed by atoms with van der Waals surface area (Å²) in [5.41, 5.74) is -1.45. The van der Waals surface area contributed by atoms with E-state index < -0.39 is 29.9 Å². The predicted molar refractivity (Wildman–Crippen MR) is 60.8 cm³/mol. The van der Waals surface area contributed by atoms with Crippen molar-refractivity contribution >= 4 is 21.7 Å². The summed E-state index contributed by atoms with van der Waals surface area (Å²) in [6.07, 6.45) is -4.73. The molecule has 0 aromatic heterocycles. The van der Waals surface area contributed by atoms with E-state index in [0.717, 1.165) is 6.07 Å². The molecule has 0 aliphatic rings. The van der Waals surface area contributed by atoms with Gasteiger partial charge in [-0.05, 0) is 18.2 Å². The van der Waals surface area contributed by atoms with Crippen molar-refractivity contribution in [2.45, 2.75) is 19.2 Å². The fraction of sp³-hybridized carbons (Fsp3) is 0.364. The van der Waals surface area contributed by atoms with E-state index in [-0.39, 0.29) is 17.3 Å². The summed E-state index contributed by atoms with van der Waals surface area (Å²) in [4.78, 5) is 11.6. The smallest absolute Gasteiger partial charge is 0.416 e. The first-order valence-corrected chi connectivity index (χ1v) is 6.13. The average molecular weight is 347 g/mol. The fourth-order valence-corrected chi connectivity index (χ4v) is 1.70. The predicted octanol–water partition coefficient (Wildman–Crippen LogP) is 4.27. The maximum Gasteiger partial charge on any atom is 0.416 e. The Hall–Kier alpha value is -1.18. The molecule has 0 heterocycles. The summed E-state index contributed by atoms with van der Waals surface area (Å²) in [6.45, 7) is -3.31. The van der Waals surface area contributed by atoms with Crippen molar-refractivity contribution in [1.82, 2.24) is 0 Å². The van der Waals surface area contributed by atoms with Crippen LogP contribution in [0.4, 0.5) is 22.0 Å². The molecule has 0 N–H and O–H groups in total. The molecule has 0 amide bonds. The Kier molecular flexibility index (Phi) is 5.28. The van der Waals surface area contributed by atoms with Gasteiger partial charge < -0.3 is 4.74 Å². The fourth-order valence-electron chi connectivity index (χ4n) is 1.34. The average Bonchev–Trinajstić information content (AvgIpc) is 2.27.